The van der Waals surface area contributed by atoms with Crippen molar-refractivity contribution in [3.8, 4) is 5.69 Å². The number of likely N-dealkylation sites (tertiary alicyclic amines) is 1. The number of amides is 1. The Morgan fingerprint density at radius 2 is 1.97 bits per heavy atom. The average molecular weight is 470 g/mol. The predicted octanol–water partition coefficient (Wildman–Crippen LogP) is 1.54. The van der Waals surface area contributed by atoms with Crippen LogP contribution in [0.1, 0.15) is 25.7 Å². The fraction of sp³-hybridized carbons (Fsp3) is 0.455. The second-order valence-electron chi connectivity index (χ2n) is 8.75. The molecule has 11 heteroatoms. The van der Waals surface area contributed by atoms with Gasteiger partial charge in [0, 0.05) is 36.8 Å². The van der Waals surface area contributed by atoms with Crippen molar-refractivity contribution in [3.05, 3.63) is 47.1 Å². The number of hydrogen-bond donors (Lipinski definition) is 3. The maximum Gasteiger partial charge on any atom is 0.264 e. The first-order valence-corrected chi connectivity index (χ1v) is 11.9. The van der Waals surface area contributed by atoms with Gasteiger partial charge in [-0.3, -0.25) is 14.2 Å². The van der Waals surface area contributed by atoms with Crippen LogP contribution in [0.5, 0.6) is 0 Å². The molecule has 5 rings (SSSR count). The number of aliphatic hydroxyl groups is 1. The molecule has 1 amide bonds. The molecule has 1 saturated heterocycles. The summed E-state index contributed by atoms with van der Waals surface area (Å²) >= 11 is 1.37. The highest BCUT2D eigenvalue weighted by Gasteiger charge is 2.39. The van der Waals surface area contributed by atoms with Crippen molar-refractivity contribution in [1.82, 2.24) is 29.0 Å². The quantitative estimate of drug-likeness (QED) is 0.446. The van der Waals surface area contributed by atoms with Crippen molar-refractivity contribution in [2.75, 3.05) is 24.9 Å². The van der Waals surface area contributed by atoms with Gasteiger partial charge in [0.2, 0.25) is 5.91 Å². The standard InChI is InChI=1S/C22H27N7O3S/c1-23-33-26-16-4-6-17(7-5-16)29-19-18(12-25-29)21(31)28(14-24-19)13-22(32)8-10-27(11-9-22)20(30)15-2-3-15/h4-7,12,14-15,23,26,32H,2-3,8-11,13H2,1H3. The topological polar surface area (TPSA) is 117 Å². The molecule has 1 saturated carbocycles. The smallest absolute Gasteiger partial charge is 0.264 e. The molecule has 1 aliphatic carbocycles. The number of hydrogen-bond acceptors (Lipinski definition) is 8. The summed E-state index contributed by atoms with van der Waals surface area (Å²) < 4.78 is 9.17. The molecule has 1 aromatic carbocycles. The van der Waals surface area contributed by atoms with Gasteiger partial charge in [-0.25, -0.2) is 14.4 Å². The molecule has 33 heavy (non-hydrogen) atoms. The first-order valence-electron chi connectivity index (χ1n) is 11.1. The number of fused-ring (bicyclic) bond motifs is 1. The van der Waals surface area contributed by atoms with Gasteiger partial charge >= 0.3 is 0 Å². The lowest BCUT2D eigenvalue weighted by Gasteiger charge is -2.38. The summed E-state index contributed by atoms with van der Waals surface area (Å²) in [5.74, 6) is 0.385. The van der Waals surface area contributed by atoms with Crippen LogP contribution in [-0.4, -0.2) is 61.0 Å². The molecule has 2 aliphatic rings. The van der Waals surface area contributed by atoms with Gasteiger partial charge in [-0.1, -0.05) is 0 Å². The Morgan fingerprint density at radius 3 is 2.64 bits per heavy atom. The van der Waals surface area contributed by atoms with E-state index < -0.39 is 5.60 Å². The third-order valence-corrected chi connectivity index (χ3v) is 6.88. The Morgan fingerprint density at radius 1 is 1.24 bits per heavy atom. The molecule has 0 bridgehead atoms. The molecule has 3 heterocycles. The second kappa shape index (κ2) is 8.81. The molecule has 2 fully saturated rings. The zero-order valence-corrected chi connectivity index (χ0v) is 19.2. The zero-order chi connectivity index (χ0) is 23.0. The number of rotatable bonds is 7. The van der Waals surface area contributed by atoms with Crippen LogP contribution in [0.15, 0.2) is 41.6 Å². The summed E-state index contributed by atoms with van der Waals surface area (Å²) in [6.45, 7) is 1.19. The van der Waals surface area contributed by atoms with Gasteiger partial charge in [0.15, 0.2) is 5.65 Å². The van der Waals surface area contributed by atoms with E-state index in [9.17, 15) is 14.7 Å². The Bertz CT molecular complexity index is 1210. The molecule has 2 aromatic heterocycles. The lowest BCUT2D eigenvalue weighted by atomic mass is 9.91. The van der Waals surface area contributed by atoms with Crippen molar-refractivity contribution >= 4 is 34.8 Å². The monoisotopic (exact) mass is 469 g/mol. The van der Waals surface area contributed by atoms with E-state index >= 15 is 0 Å². The summed E-state index contributed by atoms with van der Waals surface area (Å²) in [5, 5.41) is 15.9. The molecular formula is C22H27N7O3S. The summed E-state index contributed by atoms with van der Waals surface area (Å²) in [5.41, 5.74) is 0.922. The maximum absolute atomic E-state index is 13.1. The molecule has 0 atom stereocenters. The van der Waals surface area contributed by atoms with Crippen molar-refractivity contribution in [2.45, 2.75) is 37.8 Å². The van der Waals surface area contributed by atoms with E-state index in [1.807, 2.05) is 36.2 Å². The summed E-state index contributed by atoms with van der Waals surface area (Å²) in [7, 11) is 1.83. The number of anilines is 1. The lowest BCUT2D eigenvalue weighted by Crippen LogP contribution is -2.50. The van der Waals surface area contributed by atoms with Gasteiger partial charge < -0.3 is 14.7 Å². The molecule has 174 valence electrons. The molecule has 1 aliphatic heterocycles. The van der Waals surface area contributed by atoms with Gasteiger partial charge in [-0.15, -0.1) is 0 Å². The van der Waals surface area contributed by atoms with E-state index in [1.54, 1.807) is 4.68 Å². The largest absolute Gasteiger partial charge is 0.388 e. The fourth-order valence-corrected chi connectivity index (χ4v) is 4.59. The van der Waals surface area contributed by atoms with Gasteiger partial charge in [0.1, 0.15) is 11.7 Å². The van der Waals surface area contributed by atoms with Crippen LogP contribution in [0.25, 0.3) is 16.7 Å². The summed E-state index contributed by atoms with van der Waals surface area (Å²) in [4.78, 5) is 31.7. The van der Waals surface area contributed by atoms with Crippen LogP contribution in [0.2, 0.25) is 0 Å². The summed E-state index contributed by atoms with van der Waals surface area (Å²) in [6, 6.07) is 7.64. The van der Waals surface area contributed by atoms with Crippen molar-refractivity contribution < 1.29 is 9.90 Å². The van der Waals surface area contributed by atoms with Crippen LogP contribution < -0.4 is 15.0 Å². The Kier molecular flexibility index (Phi) is 5.85. The normalized spacial score (nSPS) is 17.9. The molecule has 0 unspecified atom stereocenters. The molecule has 10 nitrogen and oxygen atoms in total. The highest BCUT2D eigenvalue weighted by atomic mass is 32.2. The highest BCUT2D eigenvalue weighted by molar-refractivity contribution is 7.98. The van der Waals surface area contributed by atoms with Crippen LogP contribution >= 0.6 is 12.1 Å². The predicted molar refractivity (Wildman–Crippen MR) is 127 cm³/mol. The number of benzene rings is 1. The minimum atomic E-state index is -1.04. The highest BCUT2D eigenvalue weighted by Crippen LogP contribution is 2.33. The molecule has 3 N–H and O–H groups in total. The van der Waals surface area contributed by atoms with Crippen LogP contribution in [0.3, 0.4) is 0 Å². The number of nitrogens with one attached hydrogen (secondary N) is 2. The molecule has 3 aromatic rings. The first kappa shape index (κ1) is 21.9. The van der Waals surface area contributed by atoms with Gasteiger partial charge in [-0.2, -0.15) is 5.10 Å². The minimum absolute atomic E-state index is 0.148. The van der Waals surface area contributed by atoms with E-state index in [4.69, 9.17) is 0 Å². The molecular weight excluding hydrogens is 442 g/mol. The van der Waals surface area contributed by atoms with Gasteiger partial charge in [0.05, 0.1) is 24.0 Å². The van der Waals surface area contributed by atoms with Crippen LogP contribution in [-0.2, 0) is 11.3 Å². The molecule has 0 radical (unpaired) electrons. The third kappa shape index (κ3) is 4.48. The number of carbonyl (C=O) groups is 1. The number of carbonyl (C=O) groups excluding carboxylic acids is 1. The Balaban J connectivity index is 1.32. The van der Waals surface area contributed by atoms with E-state index in [0.29, 0.717) is 37.0 Å². The first-order chi connectivity index (χ1) is 16.0. The van der Waals surface area contributed by atoms with E-state index in [-0.39, 0.29) is 23.9 Å². The Labute approximate surface area is 195 Å². The fourth-order valence-electron chi connectivity index (χ4n) is 4.24. The van der Waals surface area contributed by atoms with Crippen LogP contribution in [0.4, 0.5) is 5.69 Å². The van der Waals surface area contributed by atoms with E-state index in [2.05, 4.69) is 19.5 Å². The van der Waals surface area contributed by atoms with Crippen LogP contribution in [0, 0.1) is 5.92 Å². The SMILES string of the molecule is CNSNc1ccc(-n2ncc3c(=O)n(CC4(O)CCN(C(=O)C5CC5)CC4)cnc32)cc1. The number of piperidine rings is 1. The third-order valence-electron chi connectivity index (χ3n) is 6.33. The average Bonchev–Trinajstić information content (AvgIpc) is 3.59. The summed E-state index contributed by atoms with van der Waals surface area (Å²) in [6.07, 6.45) is 5.84. The zero-order valence-electron chi connectivity index (χ0n) is 18.4. The maximum atomic E-state index is 13.1. The molecule has 0 spiro atoms. The van der Waals surface area contributed by atoms with Crippen molar-refractivity contribution in [3.63, 3.8) is 0 Å². The second-order valence-corrected chi connectivity index (χ2v) is 9.57. The van der Waals surface area contributed by atoms with E-state index in [1.165, 1.54) is 29.2 Å². The van der Waals surface area contributed by atoms with Crippen molar-refractivity contribution in [1.29, 1.82) is 0 Å². The van der Waals surface area contributed by atoms with Crippen molar-refractivity contribution in [2.24, 2.45) is 5.92 Å². The Hall–Kier alpha value is -2.89. The van der Waals surface area contributed by atoms with Gasteiger partial charge in [0.25, 0.3) is 5.56 Å². The van der Waals surface area contributed by atoms with Gasteiger partial charge in [-0.05, 0) is 57.0 Å². The number of aromatic nitrogens is 4. The minimum Gasteiger partial charge on any atom is -0.388 e. The lowest BCUT2D eigenvalue weighted by molar-refractivity contribution is -0.137. The van der Waals surface area contributed by atoms with E-state index in [0.717, 1.165) is 24.2 Å². The number of nitrogens with zero attached hydrogens (tertiary/aromatic N) is 5.